The molecule has 1 aliphatic rings. The number of hydrogen-bond donors (Lipinski definition) is 2. The first-order valence-corrected chi connectivity index (χ1v) is 8.99. The Hall–Kier alpha value is -0.960. The molecule has 2 N–H and O–H groups in total. The van der Waals surface area contributed by atoms with E-state index in [0.29, 0.717) is 13.1 Å². The molecule has 0 spiro atoms. The van der Waals surface area contributed by atoms with Gasteiger partial charge in [0.15, 0.2) is 0 Å². The molecular weight excluding hydrogens is 290 g/mol. The molecule has 0 atom stereocenters. The molecule has 0 unspecified atom stereocenters. The zero-order valence-electron chi connectivity index (χ0n) is 12.6. The number of aromatic nitrogens is 2. The van der Waals surface area contributed by atoms with Gasteiger partial charge in [0.1, 0.15) is 4.90 Å². The maximum Gasteiger partial charge on any atom is 0.243 e. The molecule has 0 aromatic carbocycles. The molecule has 0 radical (unpaired) electrons. The third kappa shape index (κ3) is 5.06. The average Bonchev–Trinajstić information content (AvgIpc) is 2.96. The molecule has 1 aliphatic heterocycles. The zero-order valence-corrected chi connectivity index (χ0v) is 13.4. The second-order valence-corrected chi connectivity index (χ2v) is 7.11. The van der Waals surface area contributed by atoms with Gasteiger partial charge >= 0.3 is 0 Å². The van der Waals surface area contributed by atoms with E-state index in [1.807, 2.05) is 7.05 Å². The standard InChI is InChI=1S/C13H25N5O2S/c1-14-5-10-18-12-13(11-15-18)21(19,20)16-6-9-17-7-3-2-4-8-17/h11-12,14,16H,2-10H2,1H3. The summed E-state index contributed by atoms with van der Waals surface area (Å²) in [6.45, 7) is 4.77. The maximum absolute atomic E-state index is 12.2. The first-order valence-electron chi connectivity index (χ1n) is 7.51. The van der Waals surface area contributed by atoms with Crippen molar-refractivity contribution in [2.45, 2.75) is 30.7 Å². The second kappa shape index (κ2) is 7.88. The van der Waals surface area contributed by atoms with Crippen molar-refractivity contribution >= 4 is 10.0 Å². The van der Waals surface area contributed by atoms with E-state index >= 15 is 0 Å². The van der Waals surface area contributed by atoms with Crippen LogP contribution in [0.15, 0.2) is 17.3 Å². The van der Waals surface area contributed by atoms with E-state index in [0.717, 1.165) is 26.2 Å². The van der Waals surface area contributed by atoms with Gasteiger partial charge < -0.3 is 10.2 Å². The van der Waals surface area contributed by atoms with Crippen LogP contribution in [-0.2, 0) is 16.6 Å². The Kier molecular flexibility index (Phi) is 6.16. The third-order valence-electron chi connectivity index (χ3n) is 3.68. The molecule has 8 heteroatoms. The summed E-state index contributed by atoms with van der Waals surface area (Å²) in [6.07, 6.45) is 6.68. The zero-order chi connectivity index (χ0) is 15.1. The SMILES string of the molecule is CNCCn1cc(S(=O)(=O)NCCN2CCCCC2)cn1. The van der Waals surface area contributed by atoms with Crippen LogP contribution >= 0.6 is 0 Å². The largest absolute Gasteiger partial charge is 0.318 e. The van der Waals surface area contributed by atoms with Crippen LogP contribution in [0.1, 0.15) is 19.3 Å². The van der Waals surface area contributed by atoms with Crippen molar-refractivity contribution in [3.05, 3.63) is 12.4 Å². The van der Waals surface area contributed by atoms with Crippen LogP contribution in [0.4, 0.5) is 0 Å². The van der Waals surface area contributed by atoms with E-state index in [2.05, 4.69) is 20.0 Å². The van der Waals surface area contributed by atoms with Crippen LogP contribution < -0.4 is 10.0 Å². The molecule has 1 saturated heterocycles. The number of piperidine rings is 1. The number of rotatable bonds is 8. The van der Waals surface area contributed by atoms with Gasteiger partial charge in [-0.2, -0.15) is 5.10 Å². The minimum Gasteiger partial charge on any atom is -0.318 e. The Balaban J connectivity index is 1.81. The van der Waals surface area contributed by atoms with Gasteiger partial charge in [-0.05, 0) is 33.0 Å². The fraction of sp³-hybridized carbons (Fsp3) is 0.769. The fourth-order valence-corrected chi connectivity index (χ4v) is 3.41. The Bertz CT molecular complexity index is 522. The van der Waals surface area contributed by atoms with Gasteiger partial charge in [-0.1, -0.05) is 6.42 Å². The van der Waals surface area contributed by atoms with Gasteiger partial charge in [0.05, 0.1) is 12.7 Å². The predicted molar refractivity (Wildman–Crippen MR) is 81.6 cm³/mol. The van der Waals surface area contributed by atoms with Crippen molar-refractivity contribution in [3.8, 4) is 0 Å². The molecule has 21 heavy (non-hydrogen) atoms. The monoisotopic (exact) mass is 315 g/mol. The summed E-state index contributed by atoms with van der Waals surface area (Å²) in [5, 5.41) is 7.07. The minimum atomic E-state index is -3.45. The summed E-state index contributed by atoms with van der Waals surface area (Å²) in [7, 11) is -1.60. The van der Waals surface area contributed by atoms with Crippen LogP contribution in [0.3, 0.4) is 0 Å². The Morgan fingerprint density at radius 2 is 1.95 bits per heavy atom. The van der Waals surface area contributed by atoms with Crippen LogP contribution in [0.2, 0.25) is 0 Å². The number of hydrogen-bond acceptors (Lipinski definition) is 5. The molecule has 0 bridgehead atoms. The molecule has 0 amide bonds. The number of nitrogens with one attached hydrogen (secondary N) is 2. The first-order chi connectivity index (χ1) is 10.1. The maximum atomic E-state index is 12.2. The summed E-state index contributed by atoms with van der Waals surface area (Å²) in [6, 6.07) is 0. The lowest BCUT2D eigenvalue weighted by molar-refractivity contribution is 0.233. The Morgan fingerprint density at radius 3 is 2.67 bits per heavy atom. The molecular formula is C13H25N5O2S. The Labute approximate surface area is 126 Å². The van der Waals surface area contributed by atoms with E-state index in [-0.39, 0.29) is 4.90 Å². The van der Waals surface area contributed by atoms with Crippen molar-refractivity contribution < 1.29 is 8.42 Å². The lowest BCUT2D eigenvalue weighted by Gasteiger charge is -2.26. The van der Waals surface area contributed by atoms with Gasteiger partial charge in [0.25, 0.3) is 0 Å². The average molecular weight is 315 g/mol. The molecule has 2 heterocycles. The molecule has 1 fully saturated rings. The van der Waals surface area contributed by atoms with Crippen LogP contribution in [0, 0.1) is 0 Å². The Morgan fingerprint density at radius 1 is 1.19 bits per heavy atom. The summed E-state index contributed by atoms with van der Waals surface area (Å²) in [4.78, 5) is 2.54. The van der Waals surface area contributed by atoms with Crippen molar-refractivity contribution in [1.82, 2.24) is 24.7 Å². The van der Waals surface area contributed by atoms with Crippen molar-refractivity contribution in [1.29, 1.82) is 0 Å². The van der Waals surface area contributed by atoms with E-state index in [1.54, 1.807) is 10.9 Å². The predicted octanol–water partition coefficient (Wildman–Crippen LogP) is -0.133. The van der Waals surface area contributed by atoms with Crippen molar-refractivity contribution in [2.75, 3.05) is 39.8 Å². The van der Waals surface area contributed by atoms with Gasteiger partial charge in [-0.15, -0.1) is 0 Å². The van der Waals surface area contributed by atoms with Crippen molar-refractivity contribution in [2.24, 2.45) is 0 Å². The van der Waals surface area contributed by atoms with E-state index in [9.17, 15) is 8.42 Å². The number of nitrogens with zero attached hydrogens (tertiary/aromatic N) is 3. The van der Waals surface area contributed by atoms with E-state index in [1.165, 1.54) is 25.5 Å². The lowest BCUT2D eigenvalue weighted by Crippen LogP contribution is -2.37. The molecule has 1 aromatic rings. The molecule has 0 aliphatic carbocycles. The summed E-state index contributed by atoms with van der Waals surface area (Å²) < 4.78 is 28.6. The normalized spacial score (nSPS) is 17.2. The topological polar surface area (TPSA) is 79.3 Å². The highest BCUT2D eigenvalue weighted by molar-refractivity contribution is 7.89. The van der Waals surface area contributed by atoms with Gasteiger partial charge in [-0.25, -0.2) is 13.1 Å². The molecule has 7 nitrogen and oxygen atoms in total. The number of likely N-dealkylation sites (N-methyl/N-ethyl adjacent to an activating group) is 1. The number of sulfonamides is 1. The van der Waals surface area contributed by atoms with Gasteiger partial charge in [0, 0.05) is 25.8 Å². The summed E-state index contributed by atoms with van der Waals surface area (Å²) in [5.41, 5.74) is 0. The fourth-order valence-electron chi connectivity index (χ4n) is 2.44. The van der Waals surface area contributed by atoms with Crippen LogP contribution in [-0.4, -0.2) is 62.9 Å². The van der Waals surface area contributed by atoms with Crippen molar-refractivity contribution in [3.63, 3.8) is 0 Å². The third-order valence-corrected chi connectivity index (χ3v) is 5.10. The minimum absolute atomic E-state index is 0.234. The van der Waals surface area contributed by atoms with Crippen LogP contribution in [0.5, 0.6) is 0 Å². The van der Waals surface area contributed by atoms with E-state index < -0.39 is 10.0 Å². The first kappa shape index (κ1) is 16.4. The lowest BCUT2D eigenvalue weighted by atomic mass is 10.1. The molecule has 0 saturated carbocycles. The molecule has 2 rings (SSSR count). The summed E-state index contributed by atoms with van der Waals surface area (Å²) >= 11 is 0. The van der Waals surface area contributed by atoms with Crippen LogP contribution in [0.25, 0.3) is 0 Å². The highest BCUT2D eigenvalue weighted by atomic mass is 32.2. The van der Waals surface area contributed by atoms with Gasteiger partial charge in [0.2, 0.25) is 10.0 Å². The second-order valence-electron chi connectivity index (χ2n) is 5.34. The number of likely N-dealkylation sites (tertiary alicyclic amines) is 1. The molecule has 1 aromatic heterocycles. The highest BCUT2D eigenvalue weighted by Gasteiger charge is 2.17. The smallest absolute Gasteiger partial charge is 0.243 e. The van der Waals surface area contributed by atoms with Gasteiger partial charge in [-0.3, -0.25) is 4.68 Å². The summed E-state index contributed by atoms with van der Waals surface area (Å²) in [5.74, 6) is 0. The molecule has 120 valence electrons. The van der Waals surface area contributed by atoms with E-state index in [4.69, 9.17) is 0 Å². The highest BCUT2D eigenvalue weighted by Crippen LogP contribution is 2.09. The quantitative estimate of drug-likeness (QED) is 0.698.